The Labute approximate surface area is 108 Å². The Morgan fingerprint density at radius 3 is 2.83 bits per heavy atom. The van der Waals surface area contributed by atoms with Crippen molar-refractivity contribution in [1.82, 2.24) is 4.98 Å². The number of unbranched alkanes of at least 4 members (excludes halogenated alkanes) is 1. The van der Waals surface area contributed by atoms with Crippen LogP contribution in [-0.2, 0) is 6.54 Å². The van der Waals surface area contributed by atoms with Crippen molar-refractivity contribution in [2.75, 3.05) is 6.61 Å². The molecule has 2 aromatic rings. The van der Waals surface area contributed by atoms with E-state index in [0.717, 1.165) is 31.9 Å². The quantitative estimate of drug-likeness (QED) is 0.576. The zero-order chi connectivity index (χ0) is 12.6. The second-order valence-corrected chi connectivity index (χ2v) is 4.23. The Bertz CT molecular complexity index is 471. The molecule has 0 fully saturated rings. The van der Waals surface area contributed by atoms with E-state index in [0.29, 0.717) is 0 Å². The third-order valence-electron chi connectivity index (χ3n) is 2.74. The fourth-order valence-electron chi connectivity index (χ4n) is 1.73. The highest BCUT2D eigenvalue weighted by atomic mass is 16.5. The summed E-state index contributed by atoms with van der Waals surface area (Å²) < 4.78 is 7.83. The largest absolute Gasteiger partial charge is 0.443 e. The van der Waals surface area contributed by atoms with Gasteiger partial charge in [0.1, 0.15) is 6.20 Å². The lowest BCUT2D eigenvalue weighted by Gasteiger charge is -2.04. The second kappa shape index (κ2) is 6.74. The minimum Gasteiger partial charge on any atom is -0.443 e. The van der Waals surface area contributed by atoms with E-state index in [2.05, 4.69) is 40.7 Å². The van der Waals surface area contributed by atoms with Crippen LogP contribution in [0.4, 0.5) is 0 Å². The zero-order valence-electron chi connectivity index (χ0n) is 10.7. The molecule has 1 heterocycles. The van der Waals surface area contributed by atoms with Gasteiger partial charge in [0.05, 0.1) is 12.8 Å². The van der Waals surface area contributed by atoms with Crippen LogP contribution in [0.5, 0.6) is 5.88 Å². The molecule has 1 aromatic carbocycles. The molecule has 0 spiro atoms. The first-order valence-corrected chi connectivity index (χ1v) is 6.40. The average Bonchev–Trinajstić information content (AvgIpc) is 2.42. The molecule has 94 valence electrons. The van der Waals surface area contributed by atoms with Crippen LogP contribution >= 0.6 is 0 Å². The number of aromatic nitrogens is 2. The van der Waals surface area contributed by atoms with Gasteiger partial charge in [-0.1, -0.05) is 43.7 Å². The molecule has 0 saturated carbocycles. The fraction of sp³-hybridized carbons (Fsp3) is 0.333. The number of ether oxygens (including phenoxy) is 1. The number of nitrogens with zero attached hydrogens (tertiary/aromatic N) is 2. The van der Waals surface area contributed by atoms with Gasteiger partial charge in [0, 0.05) is 5.56 Å². The van der Waals surface area contributed by atoms with Crippen molar-refractivity contribution >= 4 is 0 Å². The van der Waals surface area contributed by atoms with Crippen LogP contribution < -0.4 is 9.30 Å². The van der Waals surface area contributed by atoms with E-state index in [1.807, 2.05) is 12.3 Å². The maximum atomic E-state index is 5.75. The summed E-state index contributed by atoms with van der Waals surface area (Å²) in [4.78, 5) is 4.12. The molecule has 0 radical (unpaired) electrons. The average molecular weight is 243 g/mol. The normalized spacial score (nSPS) is 10.3. The first kappa shape index (κ1) is 12.6. The predicted molar refractivity (Wildman–Crippen MR) is 70.4 cm³/mol. The van der Waals surface area contributed by atoms with Crippen molar-refractivity contribution in [2.45, 2.75) is 26.3 Å². The van der Waals surface area contributed by atoms with Crippen molar-refractivity contribution in [3.05, 3.63) is 54.5 Å². The minimum absolute atomic E-state index is 0.747. The molecule has 0 aliphatic carbocycles. The molecule has 3 nitrogen and oxygen atoms in total. The molecule has 0 aliphatic rings. The van der Waals surface area contributed by atoms with Crippen LogP contribution in [0.2, 0.25) is 0 Å². The zero-order valence-corrected chi connectivity index (χ0v) is 10.7. The molecule has 0 N–H and O–H groups in total. The summed E-state index contributed by atoms with van der Waals surface area (Å²) in [6, 6.07) is 10.4. The third kappa shape index (κ3) is 3.55. The van der Waals surface area contributed by atoms with Gasteiger partial charge in [0.15, 0.2) is 12.7 Å². The molecule has 0 bridgehead atoms. The number of rotatable bonds is 6. The topological polar surface area (TPSA) is 26.0 Å². The molecule has 1 aromatic heterocycles. The van der Waals surface area contributed by atoms with E-state index in [1.165, 1.54) is 5.56 Å². The lowest BCUT2D eigenvalue weighted by molar-refractivity contribution is -0.694. The maximum absolute atomic E-state index is 5.75. The van der Waals surface area contributed by atoms with Gasteiger partial charge in [-0.2, -0.15) is 4.57 Å². The molecule has 0 atom stereocenters. The van der Waals surface area contributed by atoms with E-state index < -0.39 is 0 Å². The van der Waals surface area contributed by atoms with E-state index >= 15 is 0 Å². The Hall–Kier alpha value is -1.90. The van der Waals surface area contributed by atoms with Crippen molar-refractivity contribution < 1.29 is 9.30 Å². The van der Waals surface area contributed by atoms with Crippen molar-refractivity contribution in [2.24, 2.45) is 0 Å². The Morgan fingerprint density at radius 2 is 2.06 bits per heavy atom. The van der Waals surface area contributed by atoms with Gasteiger partial charge in [-0.05, 0) is 6.42 Å². The summed E-state index contributed by atoms with van der Waals surface area (Å²) >= 11 is 0. The van der Waals surface area contributed by atoms with Gasteiger partial charge in [-0.3, -0.25) is 0 Å². The number of hydrogen-bond donors (Lipinski definition) is 0. The lowest BCUT2D eigenvalue weighted by Crippen LogP contribution is -2.36. The summed E-state index contributed by atoms with van der Waals surface area (Å²) in [5.41, 5.74) is 1.26. The first-order chi connectivity index (χ1) is 8.90. The highest BCUT2D eigenvalue weighted by Crippen LogP contribution is 2.04. The van der Waals surface area contributed by atoms with Gasteiger partial charge in [-0.25, -0.2) is 4.98 Å². The van der Waals surface area contributed by atoms with E-state index in [1.54, 1.807) is 12.4 Å². The molecule has 0 amide bonds. The summed E-state index contributed by atoms with van der Waals surface area (Å²) in [6.45, 7) is 3.71. The highest BCUT2D eigenvalue weighted by Gasteiger charge is 2.11. The molecule has 0 aliphatic heterocycles. The van der Waals surface area contributed by atoms with E-state index in [4.69, 9.17) is 4.74 Å². The van der Waals surface area contributed by atoms with Gasteiger partial charge in [-0.15, -0.1) is 0 Å². The van der Waals surface area contributed by atoms with Crippen LogP contribution in [0.25, 0.3) is 0 Å². The molecule has 0 saturated heterocycles. The van der Waals surface area contributed by atoms with Crippen LogP contribution in [-0.4, -0.2) is 11.6 Å². The highest BCUT2D eigenvalue weighted by molar-refractivity contribution is 5.13. The molecule has 18 heavy (non-hydrogen) atoms. The Morgan fingerprint density at radius 1 is 1.22 bits per heavy atom. The maximum Gasteiger partial charge on any atom is 0.387 e. The Balaban J connectivity index is 2.07. The fourth-order valence-corrected chi connectivity index (χ4v) is 1.73. The van der Waals surface area contributed by atoms with Gasteiger partial charge in [0.25, 0.3) is 0 Å². The summed E-state index contributed by atoms with van der Waals surface area (Å²) in [7, 11) is 0. The molecular formula is C15H19N2O+. The van der Waals surface area contributed by atoms with E-state index in [9.17, 15) is 0 Å². The Kier molecular flexibility index (Phi) is 4.70. The summed E-state index contributed by atoms with van der Waals surface area (Å²) in [5.74, 6) is 0.829. The van der Waals surface area contributed by atoms with Crippen LogP contribution in [0, 0.1) is 0 Å². The summed E-state index contributed by atoms with van der Waals surface area (Å²) in [5, 5.41) is 0. The number of benzene rings is 1. The first-order valence-electron chi connectivity index (χ1n) is 6.40. The standard InChI is InChI=1S/C15H19N2O/c1-2-3-11-18-15-12-16-9-10-17(15)13-14-7-5-4-6-8-14/h4-10,12H,2-3,11,13H2,1H3/q+1. The molecule has 0 unspecified atom stereocenters. The van der Waals surface area contributed by atoms with Gasteiger partial charge in [0.2, 0.25) is 0 Å². The van der Waals surface area contributed by atoms with Gasteiger partial charge < -0.3 is 4.74 Å². The minimum atomic E-state index is 0.747. The SMILES string of the molecule is CCCCOc1cncc[n+]1Cc1ccccc1. The predicted octanol–water partition coefficient (Wildman–Crippen LogP) is 2.60. The van der Waals surface area contributed by atoms with Crippen LogP contribution in [0.1, 0.15) is 25.3 Å². The number of hydrogen-bond acceptors (Lipinski definition) is 2. The summed E-state index contributed by atoms with van der Waals surface area (Å²) in [6.07, 6.45) is 7.72. The van der Waals surface area contributed by atoms with Crippen molar-refractivity contribution in [3.63, 3.8) is 0 Å². The van der Waals surface area contributed by atoms with Crippen molar-refractivity contribution in [1.29, 1.82) is 0 Å². The van der Waals surface area contributed by atoms with Crippen LogP contribution in [0.15, 0.2) is 48.9 Å². The van der Waals surface area contributed by atoms with Crippen molar-refractivity contribution in [3.8, 4) is 5.88 Å². The van der Waals surface area contributed by atoms with E-state index in [-0.39, 0.29) is 0 Å². The van der Waals surface area contributed by atoms with Crippen LogP contribution in [0.3, 0.4) is 0 Å². The molecule has 3 heteroatoms. The second-order valence-electron chi connectivity index (χ2n) is 4.23. The smallest absolute Gasteiger partial charge is 0.387 e. The molecular weight excluding hydrogens is 224 g/mol. The molecule has 2 rings (SSSR count). The lowest BCUT2D eigenvalue weighted by atomic mass is 10.2. The van der Waals surface area contributed by atoms with Gasteiger partial charge >= 0.3 is 5.88 Å². The third-order valence-corrected chi connectivity index (χ3v) is 2.74. The monoisotopic (exact) mass is 243 g/mol.